The zero-order valence-electron chi connectivity index (χ0n) is 34.0. The van der Waals surface area contributed by atoms with Gasteiger partial charge in [0.1, 0.15) is 41.8 Å². The Balaban J connectivity index is 1.11. The fourth-order valence-corrected chi connectivity index (χ4v) is 8.42. The number of hydrogen-bond donors (Lipinski definition) is 4. The van der Waals surface area contributed by atoms with Crippen LogP contribution in [-0.4, -0.2) is 97.3 Å². The number of methoxy groups -OCH3 is 1. The number of carbonyl (C=O) groups excluding carboxylic acids is 3. The number of alkyl carbamates (subject to hydrolysis) is 1. The van der Waals surface area contributed by atoms with Gasteiger partial charge in [-0.2, -0.15) is 0 Å². The fraction of sp³-hybridized carbons (Fsp3) is 0.429. The van der Waals surface area contributed by atoms with Crippen LogP contribution in [0.5, 0.6) is 5.75 Å². The van der Waals surface area contributed by atoms with Crippen LogP contribution in [0.3, 0.4) is 0 Å². The number of imidazole rings is 2. The summed E-state index contributed by atoms with van der Waals surface area (Å²) in [5.74, 6) is 0.409. The van der Waals surface area contributed by atoms with E-state index in [1.807, 2.05) is 32.0 Å². The molecule has 0 unspecified atom stereocenters. The number of aromatic nitrogens is 4. The number of nitrogens with one attached hydrogen (secondary N) is 4. The van der Waals surface area contributed by atoms with Crippen molar-refractivity contribution < 1.29 is 37.1 Å². The SMILES string of the molecule is CN[C@H](C(=O)N(Cc1ncc(-c2ccc3c4c(c(=O)oc3c2)-c2ccc(-c3cnc([C@@H]5C[C@@H](F)CN5C(=O)[C@@H](NC(=O)OC)C(C)C)[nH]3)cc2OC4)[nH]1)C[C@H](F)I)C(C)C. The topological polar surface area (TPSA) is 188 Å². The molecule has 5 atom stereocenters. The van der Waals surface area contributed by atoms with Crippen molar-refractivity contribution in [3.05, 3.63) is 76.4 Å². The Morgan fingerprint density at radius 1 is 1.03 bits per heavy atom. The maximum atomic E-state index is 14.8. The Kier molecular flexibility index (Phi) is 12.6. The molecule has 18 heteroatoms. The number of ether oxygens (including phenoxy) is 2. The number of alkyl halides is 3. The van der Waals surface area contributed by atoms with Gasteiger partial charge in [0.2, 0.25) is 11.8 Å². The number of benzene rings is 2. The number of likely N-dealkylation sites (N-methyl/N-ethyl adjacent to an activating group) is 1. The molecule has 3 aromatic heterocycles. The number of nitrogens with zero attached hydrogens (tertiary/aromatic N) is 4. The van der Waals surface area contributed by atoms with Crippen molar-refractivity contribution in [1.82, 2.24) is 40.4 Å². The lowest BCUT2D eigenvalue weighted by atomic mass is 9.94. The second-order valence-corrected chi connectivity index (χ2v) is 17.0. The first kappa shape index (κ1) is 42.7. The lowest BCUT2D eigenvalue weighted by Gasteiger charge is -2.29. The maximum absolute atomic E-state index is 14.8. The molecule has 0 spiro atoms. The Bertz CT molecular complexity index is 2470. The highest BCUT2D eigenvalue weighted by molar-refractivity contribution is 14.1. The Hall–Kier alpha value is -5.37. The molecular weight excluding hydrogens is 893 g/mol. The number of likely N-dealkylation sites (tertiary alicyclic amines) is 1. The van der Waals surface area contributed by atoms with E-state index in [1.54, 1.807) is 74.1 Å². The molecule has 3 amide bonds. The average molecular weight is 941 g/mol. The summed E-state index contributed by atoms with van der Waals surface area (Å²) < 4.78 is 44.6. The number of carbonyl (C=O) groups is 3. The highest BCUT2D eigenvalue weighted by Crippen LogP contribution is 2.41. The van der Waals surface area contributed by atoms with Crippen LogP contribution in [0.2, 0.25) is 0 Å². The first-order chi connectivity index (χ1) is 28.7. The van der Waals surface area contributed by atoms with Gasteiger partial charge < -0.3 is 44.3 Å². The highest BCUT2D eigenvalue weighted by Gasteiger charge is 2.42. The second-order valence-electron chi connectivity index (χ2n) is 15.7. The molecule has 4 N–H and O–H groups in total. The van der Waals surface area contributed by atoms with Crippen LogP contribution in [0.15, 0.2) is 58.0 Å². The minimum absolute atomic E-state index is 0.00153. The normalized spacial score (nSPS) is 17.6. The summed E-state index contributed by atoms with van der Waals surface area (Å²) >= 11 is 1.65. The van der Waals surface area contributed by atoms with E-state index in [0.717, 1.165) is 0 Å². The van der Waals surface area contributed by atoms with Gasteiger partial charge in [0, 0.05) is 34.1 Å². The van der Waals surface area contributed by atoms with Crippen molar-refractivity contribution in [2.24, 2.45) is 11.8 Å². The van der Waals surface area contributed by atoms with E-state index in [-0.39, 0.29) is 50.4 Å². The third-order valence-electron chi connectivity index (χ3n) is 11.0. The molecule has 1 fully saturated rings. The predicted octanol–water partition coefficient (Wildman–Crippen LogP) is 6.43. The summed E-state index contributed by atoms with van der Waals surface area (Å²) in [5.41, 5.74) is 4.05. The van der Waals surface area contributed by atoms with Gasteiger partial charge in [-0.15, -0.1) is 0 Å². The van der Waals surface area contributed by atoms with Crippen LogP contribution in [-0.2, 0) is 27.5 Å². The van der Waals surface area contributed by atoms with Crippen LogP contribution in [0, 0.1) is 11.8 Å². The quantitative estimate of drug-likeness (QED) is 0.0583. The number of halogens is 3. The molecule has 0 aliphatic carbocycles. The third kappa shape index (κ3) is 8.61. The fourth-order valence-electron chi connectivity index (χ4n) is 7.95. The molecule has 15 nitrogen and oxygen atoms in total. The number of amides is 3. The van der Waals surface area contributed by atoms with Gasteiger partial charge in [-0.05, 0) is 59.7 Å². The van der Waals surface area contributed by atoms with E-state index < -0.39 is 46.1 Å². The molecule has 5 heterocycles. The molecule has 0 saturated carbocycles. The first-order valence-electron chi connectivity index (χ1n) is 19.7. The first-order valence-corrected chi connectivity index (χ1v) is 20.9. The zero-order valence-corrected chi connectivity index (χ0v) is 36.1. The summed E-state index contributed by atoms with van der Waals surface area (Å²) in [7, 11) is 2.92. The molecule has 0 radical (unpaired) electrons. The van der Waals surface area contributed by atoms with E-state index in [9.17, 15) is 28.0 Å². The standard InChI is InChI=1S/C42H47F2IN8O7/c1-20(2)36(46-5)39(54)52(17-33(44)45)18-34-47-14-28(49-34)23-7-9-25-27-19-59-31-11-22(8-10-26(31)35(27)41(56)60-32(25)12-23)29-15-48-38(50-29)30-13-24(43)16-53(30)40(55)37(21(3)4)51-42(57)58-6/h7-12,14-15,20-21,24,30,33,36-37,46H,13,16-19H2,1-6H3,(H,47,49)(H,48,50)(H,51,57)/t24-,30+,33-,36+,37+/m1/s1. The highest BCUT2D eigenvalue weighted by atomic mass is 127. The van der Waals surface area contributed by atoms with E-state index >= 15 is 0 Å². The monoisotopic (exact) mass is 940 g/mol. The minimum Gasteiger partial charge on any atom is -0.488 e. The van der Waals surface area contributed by atoms with Crippen LogP contribution in [0.25, 0.3) is 44.6 Å². The molecule has 2 aliphatic rings. The van der Waals surface area contributed by atoms with Crippen molar-refractivity contribution in [2.45, 2.75) is 75.7 Å². The van der Waals surface area contributed by atoms with E-state index in [1.165, 1.54) is 16.9 Å². The van der Waals surface area contributed by atoms with Gasteiger partial charge in [0.15, 0.2) is 4.18 Å². The summed E-state index contributed by atoms with van der Waals surface area (Å²) in [4.78, 5) is 70.8. The van der Waals surface area contributed by atoms with Crippen LogP contribution >= 0.6 is 22.6 Å². The van der Waals surface area contributed by atoms with E-state index in [2.05, 4.69) is 30.6 Å². The number of hydrogen-bond acceptors (Lipinski definition) is 10. The van der Waals surface area contributed by atoms with Gasteiger partial charge in [-0.1, -0.05) is 45.9 Å². The van der Waals surface area contributed by atoms with E-state index in [4.69, 9.17) is 13.9 Å². The molecule has 0 bridgehead atoms. The molecule has 7 rings (SSSR count). The van der Waals surface area contributed by atoms with Gasteiger partial charge in [-0.3, -0.25) is 9.59 Å². The number of H-pyrrole nitrogens is 2. The number of aromatic amines is 2. The summed E-state index contributed by atoms with van der Waals surface area (Å²) in [5, 5.41) is 6.29. The van der Waals surface area contributed by atoms with Gasteiger partial charge in [0.25, 0.3) is 0 Å². The maximum Gasteiger partial charge on any atom is 0.407 e. The van der Waals surface area contributed by atoms with Crippen LogP contribution in [0.4, 0.5) is 13.6 Å². The molecule has 318 valence electrons. The van der Waals surface area contributed by atoms with E-state index in [0.29, 0.717) is 67.6 Å². The molecular formula is C42H47F2IN8O7. The Labute approximate surface area is 358 Å². The lowest BCUT2D eigenvalue weighted by molar-refractivity contribution is -0.136. The zero-order chi connectivity index (χ0) is 43.0. The van der Waals surface area contributed by atoms with Crippen molar-refractivity contribution in [2.75, 3.05) is 27.2 Å². The third-order valence-corrected chi connectivity index (χ3v) is 11.4. The molecule has 60 heavy (non-hydrogen) atoms. The molecule has 2 aromatic carbocycles. The van der Waals surface area contributed by atoms with Crippen molar-refractivity contribution in [1.29, 1.82) is 0 Å². The number of fused-ring (bicyclic) bond motifs is 5. The summed E-state index contributed by atoms with van der Waals surface area (Å²) in [6.45, 7) is 7.37. The Morgan fingerprint density at radius 3 is 2.43 bits per heavy atom. The van der Waals surface area contributed by atoms with Gasteiger partial charge >= 0.3 is 11.7 Å². The second kappa shape index (κ2) is 17.7. The van der Waals surface area contributed by atoms with Crippen molar-refractivity contribution in [3.8, 4) is 39.4 Å². The minimum atomic E-state index is -1.28. The van der Waals surface area contributed by atoms with Gasteiger partial charge in [0.05, 0.1) is 68.2 Å². The van der Waals surface area contributed by atoms with Crippen LogP contribution in [0.1, 0.15) is 57.4 Å². The molecule has 2 aliphatic heterocycles. The smallest absolute Gasteiger partial charge is 0.407 e. The van der Waals surface area contributed by atoms with Crippen molar-refractivity contribution in [3.63, 3.8) is 0 Å². The molecule has 5 aromatic rings. The summed E-state index contributed by atoms with van der Waals surface area (Å²) in [6.07, 6.45) is 1.24. The van der Waals surface area contributed by atoms with Crippen LogP contribution < -0.4 is 21.0 Å². The summed E-state index contributed by atoms with van der Waals surface area (Å²) in [6, 6.07) is 8.77. The van der Waals surface area contributed by atoms with Crippen molar-refractivity contribution >= 4 is 51.5 Å². The van der Waals surface area contributed by atoms with Gasteiger partial charge in [-0.25, -0.2) is 28.3 Å². The Morgan fingerprint density at radius 2 is 1.73 bits per heavy atom. The predicted molar refractivity (Wildman–Crippen MR) is 228 cm³/mol. The average Bonchev–Trinajstić information content (AvgIpc) is 3.99. The molecule has 1 saturated heterocycles. The lowest BCUT2D eigenvalue weighted by Crippen LogP contribution is -2.51. The number of rotatable bonds is 13. The largest absolute Gasteiger partial charge is 0.488 e.